The Hall–Kier alpha value is -2.20. The van der Waals surface area contributed by atoms with Crippen LogP contribution < -0.4 is 10.6 Å². The van der Waals surface area contributed by atoms with Gasteiger partial charge in [-0.2, -0.15) is 0 Å². The summed E-state index contributed by atoms with van der Waals surface area (Å²) in [5.74, 6) is -0.0539. The molecule has 0 spiro atoms. The summed E-state index contributed by atoms with van der Waals surface area (Å²) < 4.78 is 26.0. The Labute approximate surface area is 223 Å². The highest BCUT2D eigenvalue weighted by atomic mass is 35.5. The maximum absolute atomic E-state index is 14.9. The molecule has 2 heterocycles. The van der Waals surface area contributed by atoms with Crippen LogP contribution in [0.15, 0.2) is 41.0 Å². The number of benzene rings is 1. The van der Waals surface area contributed by atoms with Crippen molar-refractivity contribution in [1.82, 2.24) is 15.5 Å². The van der Waals surface area contributed by atoms with Crippen LogP contribution in [0.5, 0.6) is 0 Å². The number of hydrogen-bond acceptors (Lipinski definition) is 7. The Morgan fingerprint density at radius 3 is 2.62 bits per heavy atom. The molecule has 1 aromatic rings. The molecule has 2 fully saturated rings. The average Bonchev–Trinajstić information content (AvgIpc) is 2.87. The fraction of sp³-hybridized carbons (Fsp3) is 0.630. The molecular formula is C27H38ClFN4O4. The van der Waals surface area contributed by atoms with Crippen LogP contribution in [-0.4, -0.2) is 72.3 Å². The van der Waals surface area contributed by atoms with Gasteiger partial charge in [0.25, 0.3) is 5.91 Å². The van der Waals surface area contributed by atoms with E-state index in [1.165, 1.54) is 0 Å². The summed E-state index contributed by atoms with van der Waals surface area (Å²) in [4.78, 5) is 19.3. The van der Waals surface area contributed by atoms with Gasteiger partial charge in [-0.3, -0.25) is 4.79 Å². The Morgan fingerprint density at radius 1 is 1.22 bits per heavy atom. The smallest absolute Gasteiger partial charge is 0.253 e. The molecule has 0 bridgehead atoms. The van der Waals surface area contributed by atoms with Crippen LogP contribution in [0.25, 0.3) is 0 Å². The number of amides is 1. The van der Waals surface area contributed by atoms with Gasteiger partial charge in [0.15, 0.2) is 6.23 Å². The van der Waals surface area contributed by atoms with E-state index in [1.807, 2.05) is 26.0 Å². The third kappa shape index (κ3) is 7.89. The zero-order chi connectivity index (χ0) is 26.4. The lowest BCUT2D eigenvalue weighted by atomic mass is 9.85. The van der Waals surface area contributed by atoms with Crippen LogP contribution in [0.1, 0.15) is 51.5 Å². The van der Waals surface area contributed by atoms with Gasteiger partial charge >= 0.3 is 0 Å². The zero-order valence-corrected chi connectivity index (χ0v) is 22.3. The SMILES string of the molecule is CC(C)OCC1CCC(NC2=NC(O)C(C(=O)NC3CCOCC3)=CN2Cc2ccc(Cl)cc2)CC1F. The Kier molecular flexibility index (Phi) is 9.81. The molecule has 4 unspecified atom stereocenters. The molecule has 1 saturated heterocycles. The third-order valence-corrected chi connectivity index (χ3v) is 7.31. The Bertz CT molecular complexity index is 968. The molecule has 37 heavy (non-hydrogen) atoms. The van der Waals surface area contributed by atoms with Crippen LogP contribution >= 0.6 is 11.6 Å². The highest BCUT2D eigenvalue weighted by molar-refractivity contribution is 6.30. The predicted octanol–water partition coefficient (Wildman–Crippen LogP) is 3.53. The fourth-order valence-electron chi connectivity index (χ4n) is 4.86. The average molecular weight is 537 g/mol. The number of hydrogen-bond donors (Lipinski definition) is 3. The number of alkyl halides is 1. The first kappa shape index (κ1) is 27.8. The van der Waals surface area contributed by atoms with Gasteiger partial charge in [0, 0.05) is 42.4 Å². The first-order valence-corrected chi connectivity index (χ1v) is 13.6. The Morgan fingerprint density at radius 2 is 1.95 bits per heavy atom. The van der Waals surface area contributed by atoms with E-state index in [9.17, 15) is 14.3 Å². The molecule has 1 aromatic carbocycles. The molecule has 2 aliphatic heterocycles. The lowest BCUT2D eigenvalue weighted by Gasteiger charge is -2.36. The van der Waals surface area contributed by atoms with E-state index in [4.69, 9.17) is 21.1 Å². The molecule has 1 aliphatic carbocycles. The van der Waals surface area contributed by atoms with Crippen molar-refractivity contribution in [3.63, 3.8) is 0 Å². The number of nitrogens with zero attached hydrogens (tertiary/aromatic N) is 2. The van der Waals surface area contributed by atoms with Gasteiger partial charge in [-0.15, -0.1) is 0 Å². The monoisotopic (exact) mass is 536 g/mol. The number of aliphatic hydroxyl groups excluding tert-OH is 1. The maximum Gasteiger partial charge on any atom is 0.253 e. The van der Waals surface area contributed by atoms with Crippen molar-refractivity contribution in [2.75, 3.05) is 19.8 Å². The number of carbonyl (C=O) groups is 1. The Balaban J connectivity index is 1.46. The predicted molar refractivity (Wildman–Crippen MR) is 141 cm³/mol. The summed E-state index contributed by atoms with van der Waals surface area (Å²) in [7, 11) is 0. The third-order valence-electron chi connectivity index (χ3n) is 7.06. The number of aliphatic hydroxyl groups is 1. The first-order chi connectivity index (χ1) is 17.8. The van der Waals surface area contributed by atoms with E-state index >= 15 is 0 Å². The first-order valence-electron chi connectivity index (χ1n) is 13.2. The van der Waals surface area contributed by atoms with Crippen LogP contribution in [0.4, 0.5) is 4.39 Å². The largest absolute Gasteiger partial charge is 0.381 e. The van der Waals surface area contributed by atoms with Crippen LogP contribution in [-0.2, 0) is 20.8 Å². The number of nitrogens with one attached hydrogen (secondary N) is 2. The molecule has 4 rings (SSSR count). The summed E-state index contributed by atoms with van der Waals surface area (Å²) in [6.07, 6.45) is 2.66. The molecule has 0 aromatic heterocycles. The molecule has 204 valence electrons. The van der Waals surface area contributed by atoms with Crippen molar-refractivity contribution in [2.45, 2.75) is 83.1 Å². The van der Waals surface area contributed by atoms with Crippen molar-refractivity contribution in [3.05, 3.63) is 46.6 Å². The molecular weight excluding hydrogens is 499 g/mol. The van der Waals surface area contributed by atoms with E-state index < -0.39 is 12.4 Å². The van der Waals surface area contributed by atoms with Gasteiger partial charge in [0.05, 0.1) is 24.8 Å². The van der Waals surface area contributed by atoms with E-state index in [2.05, 4.69) is 15.6 Å². The second-order valence-electron chi connectivity index (χ2n) is 10.3. The molecule has 3 N–H and O–H groups in total. The lowest BCUT2D eigenvalue weighted by Crippen LogP contribution is -2.50. The van der Waals surface area contributed by atoms with Gasteiger partial charge in [0.2, 0.25) is 5.96 Å². The van der Waals surface area contributed by atoms with Crippen molar-refractivity contribution >= 4 is 23.5 Å². The molecule has 10 heteroatoms. The normalized spacial score (nSPS) is 27.0. The van der Waals surface area contributed by atoms with Crippen LogP contribution in [0, 0.1) is 5.92 Å². The van der Waals surface area contributed by atoms with Gasteiger partial charge in [0.1, 0.15) is 6.17 Å². The van der Waals surface area contributed by atoms with E-state index in [0.29, 0.717) is 50.2 Å². The molecule has 1 amide bonds. The number of carbonyl (C=O) groups excluding carboxylic acids is 1. The summed E-state index contributed by atoms with van der Waals surface area (Å²) >= 11 is 6.05. The van der Waals surface area contributed by atoms with E-state index in [0.717, 1.165) is 24.8 Å². The van der Waals surface area contributed by atoms with Crippen molar-refractivity contribution in [3.8, 4) is 0 Å². The van der Waals surface area contributed by atoms with Crippen LogP contribution in [0.2, 0.25) is 5.02 Å². The minimum atomic E-state index is -1.32. The van der Waals surface area contributed by atoms with Crippen molar-refractivity contribution < 1.29 is 23.8 Å². The molecule has 8 nitrogen and oxygen atoms in total. The molecule has 3 aliphatic rings. The lowest BCUT2D eigenvalue weighted by molar-refractivity contribution is -0.119. The van der Waals surface area contributed by atoms with Gasteiger partial charge in [-0.1, -0.05) is 23.7 Å². The second kappa shape index (κ2) is 13.0. The zero-order valence-electron chi connectivity index (χ0n) is 21.5. The minimum absolute atomic E-state index is 0.00101. The summed E-state index contributed by atoms with van der Waals surface area (Å²) in [6.45, 7) is 5.93. The number of ether oxygens (including phenoxy) is 2. The topological polar surface area (TPSA) is 95.4 Å². The quantitative estimate of drug-likeness (QED) is 0.470. The number of rotatable bonds is 8. The summed E-state index contributed by atoms with van der Waals surface area (Å²) in [5, 5.41) is 17.8. The second-order valence-corrected chi connectivity index (χ2v) is 10.8. The standard InChI is InChI=1S/C27H38ClFN4O4/c1-17(2)37-16-19-5-8-22(13-24(19)29)31-27-32-26(35)23(25(34)30-21-9-11-36-12-10-21)15-33(27)14-18-3-6-20(28)7-4-18/h3-4,6-7,15,17,19,21-22,24,26,35H,5,8-14,16H2,1-2H3,(H,30,34)(H,31,32). The molecule has 1 saturated carbocycles. The van der Waals surface area contributed by atoms with Crippen LogP contribution in [0.3, 0.4) is 0 Å². The van der Waals surface area contributed by atoms with Crippen molar-refractivity contribution in [1.29, 1.82) is 0 Å². The number of halogens is 2. The summed E-state index contributed by atoms with van der Waals surface area (Å²) in [5.41, 5.74) is 1.12. The van der Waals surface area contributed by atoms with Gasteiger partial charge < -0.3 is 30.1 Å². The van der Waals surface area contributed by atoms with Gasteiger partial charge in [-0.05, 0) is 63.6 Å². The van der Waals surface area contributed by atoms with E-state index in [1.54, 1.807) is 23.2 Å². The molecule has 4 atom stereocenters. The van der Waals surface area contributed by atoms with E-state index in [-0.39, 0.29) is 35.6 Å². The highest BCUT2D eigenvalue weighted by Crippen LogP contribution is 2.29. The van der Waals surface area contributed by atoms with Gasteiger partial charge in [-0.25, -0.2) is 9.38 Å². The minimum Gasteiger partial charge on any atom is -0.381 e. The maximum atomic E-state index is 14.9. The molecule has 0 radical (unpaired) electrons. The summed E-state index contributed by atoms with van der Waals surface area (Å²) in [6, 6.07) is 7.26. The van der Waals surface area contributed by atoms with Crippen molar-refractivity contribution in [2.24, 2.45) is 10.9 Å². The fourth-order valence-corrected chi connectivity index (χ4v) is 4.99. The number of aliphatic imine (C=N–C) groups is 1. The number of guanidine groups is 1. The highest BCUT2D eigenvalue weighted by Gasteiger charge is 2.34.